The van der Waals surface area contributed by atoms with E-state index in [1.54, 1.807) is 6.20 Å². The highest BCUT2D eigenvalue weighted by Crippen LogP contribution is 2.30. The van der Waals surface area contributed by atoms with Gasteiger partial charge in [0, 0.05) is 37.6 Å². The van der Waals surface area contributed by atoms with Crippen molar-refractivity contribution in [1.29, 1.82) is 0 Å². The molecule has 0 N–H and O–H groups in total. The maximum atomic E-state index is 5.85. The quantitative estimate of drug-likeness (QED) is 0.864. The summed E-state index contributed by atoms with van der Waals surface area (Å²) >= 11 is 0. The molecule has 4 rings (SSSR count). The van der Waals surface area contributed by atoms with Crippen molar-refractivity contribution in [2.75, 3.05) is 13.2 Å². The molecule has 2 aliphatic rings. The molecule has 0 saturated heterocycles. The van der Waals surface area contributed by atoms with Crippen molar-refractivity contribution in [3.05, 3.63) is 42.4 Å². The smallest absolute Gasteiger partial charge is 0.213 e. The minimum absolute atomic E-state index is 0.270. The van der Waals surface area contributed by atoms with Crippen LogP contribution in [0.3, 0.4) is 0 Å². The molecule has 110 valence electrons. The zero-order valence-electron chi connectivity index (χ0n) is 12.1. The second-order valence-electron chi connectivity index (χ2n) is 5.91. The van der Waals surface area contributed by atoms with Crippen LogP contribution in [0.25, 0.3) is 0 Å². The summed E-state index contributed by atoms with van der Waals surface area (Å²) in [5, 5.41) is 4.48. The van der Waals surface area contributed by atoms with E-state index in [4.69, 9.17) is 4.74 Å². The van der Waals surface area contributed by atoms with Crippen molar-refractivity contribution in [3.63, 3.8) is 0 Å². The van der Waals surface area contributed by atoms with Crippen LogP contribution in [0, 0.1) is 0 Å². The van der Waals surface area contributed by atoms with Crippen LogP contribution in [-0.2, 0) is 6.54 Å². The highest BCUT2D eigenvalue weighted by Gasteiger charge is 2.32. The summed E-state index contributed by atoms with van der Waals surface area (Å²) in [6.07, 6.45) is 7.70. The van der Waals surface area contributed by atoms with Crippen molar-refractivity contribution in [2.45, 2.75) is 37.9 Å². The van der Waals surface area contributed by atoms with Crippen LogP contribution in [0.4, 0.5) is 0 Å². The van der Waals surface area contributed by atoms with Gasteiger partial charge in [-0.2, -0.15) is 5.10 Å². The van der Waals surface area contributed by atoms with E-state index in [1.165, 1.54) is 25.0 Å². The Balaban J connectivity index is 1.48. The number of aromatic nitrogens is 3. The summed E-state index contributed by atoms with van der Waals surface area (Å²) in [7, 11) is 0. The third kappa shape index (κ3) is 2.53. The summed E-state index contributed by atoms with van der Waals surface area (Å²) in [5.74, 6) is 0.687. The van der Waals surface area contributed by atoms with Crippen LogP contribution >= 0.6 is 0 Å². The number of rotatable bonds is 4. The van der Waals surface area contributed by atoms with Crippen LogP contribution in [-0.4, -0.2) is 38.9 Å². The number of nitrogens with zero attached hydrogens (tertiary/aromatic N) is 4. The number of hydrogen-bond acceptors (Lipinski definition) is 4. The Morgan fingerprint density at radius 3 is 2.90 bits per heavy atom. The first-order valence-electron chi connectivity index (χ1n) is 7.70. The lowest BCUT2D eigenvalue weighted by Crippen LogP contribution is -2.47. The van der Waals surface area contributed by atoms with Gasteiger partial charge in [0.1, 0.15) is 6.61 Å². The largest absolute Gasteiger partial charge is 0.475 e. The molecular formula is C16H20N4O. The first-order chi connectivity index (χ1) is 10.4. The van der Waals surface area contributed by atoms with Gasteiger partial charge < -0.3 is 4.74 Å². The molecule has 5 nitrogen and oxygen atoms in total. The Labute approximate surface area is 124 Å². The normalized spacial score (nSPS) is 22.6. The van der Waals surface area contributed by atoms with Gasteiger partial charge in [-0.05, 0) is 25.0 Å². The van der Waals surface area contributed by atoms with Crippen molar-refractivity contribution in [1.82, 2.24) is 19.7 Å². The van der Waals surface area contributed by atoms with Gasteiger partial charge in [0.15, 0.2) is 0 Å². The van der Waals surface area contributed by atoms with Gasteiger partial charge in [-0.25, -0.2) is 4.98 Å². The van der Waals surface area contributed by atoms with Crippen molar-refractivity contribution in [2.24, 2.45) is 0 Å². The molecule has 1 atom stereocenters. The third-order valence-electron chi connectivity index (χ3n) is 4.56. The second-order valence-corrected chi connectivity index (χ2v) is 5.91. The molecule has 2 aromatic heterocycles. The average Bonchev–Trinajstić information content (AvgIpc) is 2.92. The van der Waals surface area contributed by atoms with Crippen LogP contribution in [0.1, 0.15) is 31.0 Å². The van der Waals surface area contributed by atoms with Crippen molar-refractivity contribution >= 4 is 0 Å². The summed E-state index contributed by atoms with van der Waals surface area (Å²) in [5.41, 5.74) is 1.29. The van der Waals surface area contributed by atoms with E-state index in [9.17, 15) is 0 Å². The van der Waals surface area contributed by atoms with Crippen LogP contribution < -0.4 is 4.74 Å². The molecule has 5 heteroatoms. The first-order valence-corrected chi connectivity index (χ1v) is 7.70. The molecule has 21 heavy (non-hydrogen) atoms. The Morgan fingerprint density at radius 2 is 2.14 bits per heavy atom. The van der Waals surface area contributed by atoms with Gasteiger partial charge in [0.05, 0.1) is 11.7 Å². The van der Waals surface area contributed by atoms with Gasteiger partial charge in [-0.15, -0.1) is 0 Å². The fourth-order valence-electron chi connectivity index (χ4n) is 3.18. The SMILES string of the molecule is c1ccc(OCC2CN(C3CCC3)Cc3ccnn32)nc1. The van der Waals surface area contributed by atoms with E-state index in [-0.39, 0.29) is 6.04 Å². The summed E-state index contributed by atoms with van der Waals surface area (Å²) in [6, 6.07) is 8.90. The van der Waals surface area contributed by atoms with E-state index in [0.717, 1.165) is 19.1 Å². The Bertz CT molecular complexity index is 593. The van der Waals surface area contributed by atoms with Crippen molar-refractivity contribution in [3.8, 4) is 5.88 Å². The monoisotopic (exact) mass is 284 g/mol. The third-order valence-corrected chi connectivity index (χ3v) is 4.56. The fourth-order valence-corrected chi connectivity index (χ4v) is 3.18. The van der Waals surface area contributed by atoms with E-state index in [2.05, 4.69) is 25.7 Å². The predicted molar refractivity (Wildman–Crippen MR) is 79.0 cm³/mol. The maximum absolute atomic E-state index is 5.85. The molecule has 0 aromatic carbocycles. The number of pyridine rings is 1. The van der Waals surface area contributed by atoms with Gasteiger partial charge in [-0.1, -0.05) is 12.5 Å². The topological polar surface area (TPSA) is 43.2 Å². The molecule has 0 spiro atoms. The Kier molecular flexibility index (Phi) is 3.35. The molecule has 2 aromatic rings. The number of hydrogen-bond donors (Lipinski definition) is 0. The van der Waals surface area contributed by atoms with E-state index >= 15 is 0 Å². The average molecular weight is 284 g/mol. The van der Waals surface area contributed by atoms with Gasteiger partial charge in [0.25, 0.3) is 0 Å². The molecule has 1 unspecified atom stereocenters. The summed E-state index contributed by atoms with van der Waals surface area (Å²) < 4.78 is 7.98. The minimum atomic E-state index is 0.270. The van der Waals surface area contributed by atoms with Gasteiger partial charge in [-0.3, -0.25) is 9.58 Å². The lowest BCUT2D eigenvalue weighted by atomic mass is 9.90. The van der Waals surface area contributed by atoms with Crippen LogP contribution in [0.5, 0.6) is 5.88 Å². The molecule has 3 heterocycles. The van der Waals surface area contributed by atoms with E-state index < -0.39 is 0 Å². The minimum Gasteiger partial charge on any atom is -0.475 e. The second kappa shape index (κ2) is 5.48. The number of ether oxygens (including phenoxy) is 1. The molecular weight excluding hydrogens is 264 g/mol. The van der Waals surface area contributed by atoms with Gasteiger partial charge in [0.2, 0.25) is 5.88 Å². The molecule has 1 saturated carbocycles. The Morgan fingerprint density at radius 1 is 1.19 bits per heavy atom. The highest BCUT2D eigenvalue weighted by molar-refractivity contribution is 5.10. The zero-order valence-corrected chi connectivity index (χ0v) is 12.1. The summed E-state index contributed by atoms with van der Waals surface area (Å²) in [4.78, 5) is 6.81. The van der Waals surface area contributed by atoms with E-state index in [1.807, 2.05) is 24.4 Å². The molecule has 1 aliphatic heterocycles. The maximum Gasteiger partial charge on any atom is 0.213 e. The lowest BCUT2D eigenvalue weighted by Gasteiger charge is -2.42. The lowest BCUT2D eigenvalue weighted by molar-refractivity contribution is 0.0596. The molecule has 1 aliphatic carbocycles. The highest BCUT2D eigenvalue weighted by atomic mass is 16.5. The van der Waals surface area contributed by atoms with Crippen LogP contribution in [0.2, 0.25) is 0 Å². The zero-order chi connectivity index (χ0) is 14.1. The molecule has 0 radical (unpaired) electrons. The fraction of sp³-hybridized carbons (Fsp3) is 0.500. The van der Waals surface area contributed by atoms with Crippen LogP contribution in [0.15, 0.2) is 36.7 Å². The predicted octanol–water partition coefficient (Wildman–Crippen LogP) is 2.27. The number of fused-ring (bicyclic) bond motifs is 1. The molecule has 0 amide bonds. The van der Waals surface area contributed by atoms with Crippen molar-refractivity contribution < 1.29 is 4.74 Å². The molecule has 0 bridgehead atoms. The van der Waals surface area contributed by atoms with E-state index in [0.29, 0.717) is 12.5 Å². The molecule has 1 fully saturated rings. The standard InChI is InChI=1S/C16H20N4O/c1-2-8-17-16(6-1)21-12-15-11-19(13-4-3-5-13)10-14-7-9-18-20(14)15/h1-2,6-9,13,15H,3-5,10-12H2. The first kappa shape index (κ1) is 12.8. The Hall–Kier alpha value is -1.88. The summed E-state index contributed by atoms with van der Waals surface area (Å²) in [6.45, 7) is 2.66. The van der Waals surface area contributed by atoms with Gasteiger partial charge >= 0.3 is 0 Å².